The fourth-order valence-corrected chi connectivity index (χ4v) is 0.654. The van der Waals surface area contributed by atoms with E-state index in [1.807, 2.05) is 0 Å². The molecule has 12 heavy (non-hydrogen) atoms. The maximum atomic E-state index is 10.8. The molecule has 0 unspecified atom stereocenters. The Morgan fingerprint density at radius 2 is 2.17 bits per heavy atom. The normalized spacial score (nSPS) is 9.42. The largest absolute Gasteiger partial charge is 0.504 e. The molecule has 0 fully saturated rings. The Bertz CT molecular complexity index is 310. The van der Waals surface area contributed by atoms with Crippen LogP contribution in [0.5, 0.6) is 11.5 Å². The van der Waals surface area contributed by atoms with E-state index in [0.29, 0.717) is 0 Å². The molecule has 0 amide bonds. The van der Waals surface area contributed by atoms with Gasteiger partial charge in [0.05, 0.1) is 13.3 Å². The van der Waals surface area contributed by atoms with Crippen LogP contribution in [-0.4, -0.2) is 28.3 Å². The van der Waals surface area contributed by atoms with Crippen molar-refractivity contribution < 1.29 is 19.7 Å². The number of ether oxygens (including phenoxy) is 1. The number of hydrogen-bond donors (Lipinski definition) is 2. The molecule has 0 aliphatic rings. The average Bonchev–Trinajstić information content (AvgIpc) is 2.08. The summed E-state index contributed by atoms with van der Waals surface area (Å²) in [5.41, 5.74) is -0.0483. The van der Waals surface area contributed by atoms with E-state index < -0.39 is 11.7 Å². The third-order valence-electron chi connectivity index (χ3n) is 1.26. The van der Waals surface area contributed by atoms with Crippen LogP contribution in [0.1, 0.15) is 10.5 Å². The van der Waals surface area contributed by atoms with Crippen molar-refractivity contribution in [2.45, 2.75) is 0 Å². The van der Waals surface area contributed by atoms with Crippen LogP contribution < -0.4 is 0 Å². The molecule has 1 rings (SSSR count). The Labute approximate surface area is 68.2 Å². The van der Waals surface area contributed by atoms with Gasteiger partial charge in [-0.15, -0.1) is 0 Å². The van der Waals surface area contributed by atoms with Crippen LogP contribution in [-0.2, 0) is 4.74 Å². The number of hydrogen-bond acceptors (Lipinski definition) is 5. The van der Waals surface area contributed by atoms with Gasteiger partial charge in [0, 0.05) is 6.07 Å². The number of esters is 1. The number of rotatable bonds is 1. The Morgan fingerprint density at radius 1 is 1.50 bits per heavy atom. The molecule has 1 heterocycles. The highest BCUT2D eigenvalue weighted by Gasteiger charge is 2.09. The number of pyridine rings is 1. The van der Waals surface area contributed by atoms with E-state index in [4.69, 9.17) is 10.2 Å². The summed E-state index contributed by atoms with van der Waals surface area (Å²) in [6.07, 6.45) is 0.974. The van der Waals surface area contributed by atoms with E-state index in [1.54, 1.807) is 0 Å². The monoisotopic (exact) mass is 169 g/mol. The Balaban J connectivity index is 3.05. The van der Waals surface area contributed by atoms with Crippen molar-refractivity contribution >= 4 is 5.97 Å². The second-order valence-electron chi connectivity index (χ2n) is 2.05. The third kappa shape index (κ3) is 1.45. The van der Waals surface area contributed by atoms with Gasteiger partial charge in [-0.3, -0.25) is 0 Å². The fourth-order valence-electron chi connectivity index (χ4n) is 0.654. The molecule has 2 N–H and O–H groups in total. The number of aromatic hydroxyl groups is 2. The number of carbonyl (C=O) groups is 1. The average molecular weight is 169 g/mol. The van der Waals surface area contributed by atoms with E-state index in [-0.39, 0.29) is 11.4 Å². The lowest BCUT2D eigenvalue weighted by Crippen LogP contribution is -2.03. The first kappa shape index (κ1) is 8.32. The molecule has 0 bridgehead atoms. The molecule has 0 aromatic carbocycles. The van der Waals surface area contributed by atoms with Crippen LogP contribution in [0.15, 0.2) is 12.3 Å². The van der Waals surface area contributed by atoms with E-state index in [9.17, 15) is 4.79 Å². The minimum Gasteiger partial charge on any atom is -0.504 e. The van der Waals surface area contributed by atoms with Gasteiger partial charge in [0.15, 0.2) is 17.2 Å². The number of carbonyl (C=O) groups excluding carboxylic acids is 1. The van der Waals surface area contributed by atoms with E-state index in [2.05, 4.69) is 9.72 Å². The summed E-state index contributed by atoms with van der Waals surface area (Å²) in [7, 11) is 1.20. The topological polar surface area (TPSA) is 79.7 Å². The molecule has 5 heteroatoms. The van der Waals surface area contributed by atoms with Crippen molar-refractivity contribution in [3.63, 3.8) is 0 Å². The van der Waals surface area contributed by atoms with Crippen molar-refractivity contribution in [2.75, 3.05) is 7.11 Å². The summed E-state index contributed by atoms with van der Waals surface area (Å²) in [6, 6.07) is 1.03. The molecule has 64 valence electrons. The van der Waals surface area contributed by atoms with Crippen molar-refractivity contribution in [1.82, 2.24) is 4.98 Å². The van der Waals surface area contributed by atoms with Gasteiger partial charge < -0.3 is 14.9 Å². The zero-order chi connectivity index (χ0) is 9.14. The molecule has 0 spiro atoms. The molecule has 1 aromatic rings. The fraction of sp³-hybridized carbons (Fsp3) is 0.143. The standard InChI is InChI=1S/C7H7NO4/c1-12-7(11)4-2-5(9)6(10)3-8-4/h2-3,10H,1H3,(H,8,9). The molecule has 0 radical (unpaired) electrons. The highest BCUT2D eigenvalue weighted by Crippen LogP contribution is 2.22. The maximum absolute atomic E-state index is 10.8. The minimum absolute atomic E-state index is 0.0483. The lowest BCUT2D eigenvalue weighted by atomic mass is 10.3. The van der Waals surface area contributed by atoms with Gasteiger partial charge in [-0.05, 0) is 0 Å². The zero-order valence-electron chi connectivity index (χ0n) is 6.31. The van der Waals surface area contributed by atoms with Crippen LogP contribution in [0.4, 0.5) is 0 Å². The lowest BCUT2D eigenvalue weighted by molar-refractivity contribution is 0.0593. The van der Waals surface area contributed by atoms with Crippen LogP contribution in [0.25, 0.3) is 0 Å². The summed E-state index contributed by atoms with van der Waals surface area (Å²) < 4.78 is 4.34. The van der Waals surface area contributed by atoms with Gasteiger partial charge in [0.2, 0.25) is 0 Å². The molecule has 0 atom stereocenters. The third-order valence-corrected chi connectivity index (χ3v) is 1.26. The van der Waals surface area contributed by atoms with Crippen LogP contribution in [0.3, 0.4) is 0 Å². The highest BCUT2D eigenvalue weighted by atomic mass is 16.5. The predicted molar refractivity (Wildman–Crippen MR) is 38.9 cm³/mol. The van der Waals surface area contributed by atoms with Crippen LogP contribution in [0.2, 0.25) is 0 Å². The van der Waals surface area contributed by atoms with Crippen molar-refractivity contribution in [1.29, 1.82) is 0 Å². The Morgan fingerprint density at radius 3 is 2.67 bits per heavy atom. The number of methoxy groups -OCH3 is 1. The molecular formula is C7H7NO4. The Kier molecular flexibility index (Phi) is 2.14. The van der Waals surface area contributed by atoms with Crippen molar-refractivity contribution in [2.24, 2.45) is 0 Å². The molecule has 0 saturated heterocycles. The van der Waals surface area contributed by atoms with Crippen LogP contribution in [0, 0.1) is 0 Å². The number of nitrogens with zero attached hydrogens (tertiary/aromatic N) is 1. The summed E-state index contributed by atoms with van der Waals surface area (Å²) in [5.74, 6) is -1.43. The van der Waals surface area contributed by atoms with E-state index in [1.165, 1.54) is 7.11 Å². The number of aromatic nitrogens is 1. The molecular weight excluding hydrogens is 162 g/mol. The summed E-state index contributed by atoms with van der Waals surface area (Å²) >= 11 is 0. The first-order valence-corrected chi connectivity index (χ1v) is 3.11. The summed E-state index contributed by atoms with van der Waals surface area (Å²) in [5, 5.41) is 17.8. The Hall–Kier alpha value is -1.78. The quantitative estimate of drug-likeness (QED) is 0.590. The zero-order valence-corrected chi connectivity index (χ0v) is 6.31. The smallest absolute Gasteiger partial charge is 0.356 e. The SMILES string of the molecule is COC(=O)c1cc(O)c(O)cn1. The van der Waals surface area contributed by atoms with E-state index in [0.717, 1.165) is 12.3 Å². The van der Waals surface area contributed by atoms with Gasteiger partial charge in [-0.2, -0.15) is 0 Å². The van der Waals surface area contributed by atoms with Gasteiger partial charge in [0.25, 0.3) is 0 Å². The van der Waals surface area contributed by atoms with Gasteiger partial charge >= 0.3 is 5.97 Å². The maximum Gasteiger partial charge on any atom is 0.356 e. The highest BCUT2D eigenvalue weighted by molar-refractivity contribution is 5.87. The van der Waals surface area contributed by atoms with Crippen LogP contribution >= 0.6 is 0 Å². The molecule has 5 nitrogen and oxygen atoms in total. The first-order chi connectivity index (χ1) is 5.65. The minimum atomic E-state index is -0.662. The predicted octanol–water partition coefficient (Wildman–Crippen LogP) is 0.279. The van der Waals surface area contributed by atoms with E-state index >= 15 is 0 Å². The first-order valence-electron chi connectivity index (χ1n) is 3.11. The summed E-state index contributed by atoms with van der Waals surface area (Å²) in [6.45, 7) is 0. The molecule has 0 aliphatic carbocycles. The second kappa shape index (κ2) is 3.08. The lowest BCUT2D eigenvalue weighted by Gasteiger charge is -1.99. The second-order valence-corrected chi connectivity index (χ2v) is 2.05. The van der Waals surface area contributed by atoms with Crippen molar-refractivity contribution in [3.8, 4) is 11.5 Å². The van der Waals surface area contributed by atoms with Gasteiger partial charge in [-0.1, -0.05) is 0 Å². The molecule has 0 saturated carbocycles. The molecule has 1 aromatic heterocycles. The molecule has 0 aliphatic heterocycles. The van der Waals surface area contributed by atoms with Gasteiger partial charge in [-0.25, -0.2) is 9.78 Å². The van der Waals surface area contributed by atoms with Crippen molar-refractivity contribution in [3.05, 3.63) is 18.0 Å². The summed E-state index contributed by atoms with van der Waals surface area (Å²) in [4.78, 5) is 14.3. The van der Waals surface area contributed by atoms with Gasteiger partial charge in [0.1, 0.15) is 0 Å².